The molecule has 16 heavy (non-hydrogen) atoms. The Labute approximate surface area is 97.4 Å². The van der Waals surface area contributed by atoms with Crippen LogP contribution in [0, 0.1) is 11.3 Å². The Morgan fingerprint density at radius 3 is 2.69 bits per heavy atom. The lowest BCUT2D eigenvalue weighted by Gasteiger charge is -2.49. The van der Waals surface area contributed by atoms with Crippen LogP contribution in [0.3, 0.4) is 0 Å². The van der Waals surface area contributed by atoms with Gasteiger partial charge in [0.05, 0.1) is 5.41 Å². The van der Waals surface area contributed by atoms with Gasteiger partial charge in [-0.1, -0.05) is 13.8 Å². The van der Waals surface area contributed by atoms with Crippen LogP contribution in [-0.2, 0) is 9.59 Å². The van der Waals surface area contributed by atoms with Gasteiger partial charge in [0, 0.05) is 19.5 Å². The van der Waals surface area contributed by atoms with E-state index in [2.05, 4.69) is 19.2 Å². The first-order valence-electron chi connectivity index (χ1n) is 5.93. The maximum absolute atomic E-state index is 12.1. The van der Waals surface area contributed by atoms with Crippen molar-refractivity contribution in [3.05, 3.63) is 0 Å². The third-order valence-electron chi connectivity index (χ3n) is 3.15. The number of hydrogen-bond acceptors (Lipinski definition) is 3. The fourth-order valence-electron chi connectivity index (χ4n) is 2.30. The van der Waals surface area contributed by atoms with Crippen LogP contribution < -0.4 is 5.32 Å². The predicted octanol–water partition coefficient (Wildman–Crippen LogP) is 0.670. The number of aldehydes is 1. The minimum absolute atomic E-state index is 0.156. The summed E-state index contributed by atoms with van der Waals surface area (Å²) in [6.07, 6.45) is 2.00. The molecule has 1 unspecified atom stereocenters. The van der Waals surface area contributed by atoms with E-state index in [0.29, 0.717) is 12.3 Å². The van der Waals surface area contributed by atoms with Gasteiger partial charge >= 0.3 is 0 Å². The molecule has 92 valence electrons. The largest absolute Gasteiger partial charge is 0.341 e. The summed E-state index contributed by atoms with van der Waals surface area (Å²) >= 11 is 0. The van der Waals surface area contributed by atoms with Crippen molar-refractivity contribution in [2.24, 2.45) is 11.3 Å². The van der Waals surface area contributed by atoms with E-state index in [1.165, 1.54) is 0 Å². The number of nitrogens with zero attached hydrogens (tertiary/aromatic N) is 1. The first-order valence-corrected chi connectivity index (χ1v) is 5.93. The predicted molar refractivity (Wildman–Crippen MR) is 63.1 cm³/mol. The Kier molecular flexibility index (Phi) is 4.47. The Bertz CT molecular complexity index is 266. The van der Waals surface area contributed by atoms with Crippen molar-refractivity contribution in [3.63, 3.8) is 0 Å². The Balaban J connectivity index is 2.56. The monoisotopic (exact) mass is 226 g/mol. The van der Waals surface area contributed by atoms with E-state index in [0.717, 1.165) is 32.3 Å². The lowest BCUT2D eigenvalue weighted by Crippen LogP contribution is -2.62. The number of amides is 1. The van der Waals surface area contributed by atoms with E-state index in [1.807, 2.05) is 11.9 Å². The SMILES string of the molecule is CNCCC1(CC=O)CN(CC(C)C)C1=O. The Morgan fingerprint density at radius 1 is 1.56 bits per heavy atom. The van der Waals surface area contributed by atoms with Crippen LogP contribution in [0.1, 0.15) is 26.7 Å². The molecule has 1 atom stereocenters. The summed E-state index contributed by atoms with van der Waals surface area (Å²) in [6.45, 7) is 6.53. The van der Waals surface area contributed by atoms with Crippen molar-refractivity contribution in [3.8, 4) is 0 Å². The molecule has 1 N–H and O–H groups in total. The Morgan fingerprint density at radius 2 is 2.25 bits per heavy atom. The minimum Gasteiger partial charge on any atom is -0.341 e. The molecule has 0 spiro atoms. The van der Waals surface area contributed by atoms with Crippen molar-refractivity contribution < 1.29 is 9.59 Å². The summed E-state index contributed by atoms with van der Waals surface area (Å²) in [5, 5.41) is 3.04. The van der Waals surface area contributed by atoms with Gasteiger partial charge in [-0.25, -0.2) is 0 Å². The van der Waals surface area contributed by atoms with Gasteiger partial charge in [-0.15, -0.1) is 0 Å². The fraction of sp³-hybridized carbons (Fsp3) is 0.833. The third kappa shape index (κ3) is 2.61. The fourth-order valence-corrected chi connectivity index (χ4v) is 2.30. The van der Waals surface area contributed by atoms with E-state index in [1.54, 1.807) is 0 Å². The maximum atomic E-state index is 12.1. The zero-order chi connectivity index (χ0) is 12.2. The van der Waals surface area contributed by atoms with E-state index in [9.17, 15) is 9.59 Å². The van der Waals surface area contributed by atoms with E-state index in [-0.39, 0.29) is 5.91 Å². The molecule has 4 nitrogen and oxygen atoms in total. The first-order chi connectivity index (χ1) is 7.55. The van der Waals surface area contributed by atoms with Crippen LogP contribution in [0.15, 0.2) is 0 Å². The van der Waals surface area contributed by atoms with Gasteiger partial charge in [-0.05, 0) is 25.9 Å². The average molecular weight is 226 g/mol. The molecule has 0 aromatic carbocycles. The van der Waals surface area contributed by atoms with Gasteiger partial charge in [-0.2, -0.15) is 0 Å². The molecule has 0 saturated carbocycles. The molecule has 1 fully saturated rings. The van der Waals surface area contributed by atoms with Crippen LogP contribution in [0.4, 0.5) is 0 Å². The number of hydrogen-bond donors (Lipinski definition) is 1. The number of likely N-dealkylation sites (tertiary alicyclic amines) is 1. The summed E-state index contributed by atoms with van der Waals surface area (Å²) in [5.74, 6) is 0.644. The highest BCUT2D eigenvalue weighted by Crippen LogP contribution is 2.38. The second-order valence-electron chi connectivity index (χ2n) is 5.08. The molecule has 0 bridgehead atoms. The number of carbonyl (C=O) groups excluding carboxylic acids is 2. The molecule has 1 saturated heterocycles. The molecule has 1 aliphatic rings. The topological polar surface area (TPSA) is 49.4 Å². The van der Waals surface area contributed by atoms with Gasteiger partial charge in [0.1, 0.15) is 6.29 Å². The molecular weight excluding hydrogens is 204 g/mol. The van der Waals surface area contributed by atoms with Crippen LogP contribution in [0.5, 0.6) is 0 Å². The zero-order valence-electron chi connectivity index (χ0n) is 10.5. The molecule has 1 aliphatic heterocycles. The van der Waals surface area contributed by atoms with Crippen molar-refractivity contribution in [2.75, 3.05) is 26.7 Å². The summed E-state index contributed by atoms with van der Waals surface area (Å²) < 4.78 is 0. The molecule has 0 aromatic heterocycles. The maximum Gasteiger partial charge on any atom is 0.231 e. The first kappa shape index (κ1) is 13.2. The number of nitrogens with one attached hydrogen (secondary N) is 1. The molecule has 0 radical (unpaired) electrons. The number of rotatable bonds is 7. The van der Waals surface area contributed by atoms with Crippen LogP contribution in [0.25, 0.3) is 0 Å². The standard InChI is InChI=1S/C12H22N2O2/c1-10(2)8-14-9-12(5-7-15,11(14)16)4-6-13-3/h7,10,13H,4-6,8-9H2,1-3H3. The second kappa shape index (κ2) is 5.43. The quantitative estimate of drug-likeness (QED) is 0.513. The highest BCUT2D eigenvalue weighted by Gasteiger charge is 2.50. The summed E-state index contributed by atoms with van der Waals surface area (Å²) in [4.78, 5) is 24.6. The van der Waals surface area contributed by atoms with E-state index >= 15 is 0 Å². The molecule has 0 aliphatic carbocycles. The lowest BCUT2D eigenvalue weighted by molar-refractivity contribution is -0.163. The van der Waals surface area contributed by atoms with Crippen molar-refractivity contribution in [1.29, 1.82) is 0 Å². The normalized spacial score (nSPS) is 24.8. The van der Waals surface area contributed by atoms with Crippen molar-refractivity contribution in [2.45, 2.75) is 26.7 Å². The number of β-lactam (4-membered cyclic amide) rings is 1. The summed E-state index contributed by atoms with van der Waals surface area (Å²) in [6, 6.07) is 0. The molecule has 1 amide bonds. The summed E-state index contributed by atoms with van der Waals surface area (Å²) in [5.41, 5.74) is -0.403. The van der Waals surface area contributed by atoms with Crippen molar-refractivity contribution >= 4 is 12.2 Å². The lowest BCUT2D eigenvalue weighted by atomic mass is 9.73. The van der Waals surface area contributed by atoms with Crippen molar-refractivity contribution in [1.82, 2.24) is 10.2 Å². The smallest absolute Gasteiger partial charge is 0.231 e. The zero-order valence-corrected chi connectivity index (χ0v) is 10.5. The summed E-state index contributed by atoms with van der Waals surface area (Å²) in [7, 11) is 1.86. The second-order valence-corrected chi connectivity index (χ2v) is 5.08. The van der Waals surface area contributed by atoms with Crippen LogP contribution in [-0.4, -0.2) is 43.8 Å². The molecular formula is C12H22N2O2. The highest BCUT2D eigenvalue weighted by atomic mass is 16.2. The van der Waals surface area contributed by atoms with Gasteiger partial charge in [0.2, 0.25) is 5.91 Å². The van der Waals surface area contributed by atoms with Crippen LogP contribution >= 0.6 is 0 Å². The number of carbonyl (C=O) groups is 2. The van der Waals surface area contributed by atoms with Gasteiger partial charge in [0.25, 0.3) is 0 Å². The van der Waals surface area contributed by atoms with Crippen LogP contribution in [0.2, 0.25) is 0 Å². The molecule has 1 rings (SSSR count). The van der Waals surface area contributed by atoms with Gasteiger partial charge < -0.3 is 15.0 Å². The van der Waals surface area contributed by atoms with Gasteiger partial charge in [-0.3, -0.25) is 4.79 Å². The van der Waals surface area contributed by atoms with Gasteiger partial charge in [0.15, 0.2) is 0 Å². The van der Waals surface area contributed by atoms with E-state index < -0.39 is 5.41 Å². The third-order valence-corrected chi connectivity index (χ3v) is 3.15. The molecule has 0 aromatic rings. The molecule has 1 heterocycles. The molecule has 4 heteroatoms. The Hall–Kier alpha value is -0.900. The minimum atomic E-state index is -0.403. The highest BCUT2D eigenvalue weighted by molar-refractivity contribution is 5.90. The van der Waals surface area contributed by atoms with E-state index in [4.69, 9.17) is 0 Å². The average Bonchev–Trinajstić information content (AvgIpc) is 2.24.